The highest BCUT2D eigenvalue weighted by molar-refractivity contribution is 5.39. The highest BCUT2D eigenvalue weighted by Crippen LogP contribution is 2.27. The van der Waals surface area contributed by atoms with Gasteiger partial charge in [-0.1, -0.05) is 26.0 Å². The van der Waals surface area contributed by atoms with E-state index in [2.05, 4.69) is 54.1 Å². The topological polar surface area (TPSA) is 39.1 Å². The lowest BCUT2D eigenvalue weighted by Crippen LogP contribution is -2.25. The first-order valence-electron chi connectivity index (χ1n) is 7.60. The number of rotatable bonds is 7. The van der Waals surface area contributed by atoms with Gasteiger partial charge in [-0.05, 0) is 43.1 Å². The molecule has 2 aromatic rings. The Balaban J connectivity index is 2.38. The van der Waals surface area contributed by atoms with Gasteiger partial charge in [-0.3, -0.25) is 4.68 Å². The summed E-state index contributed by atoms with van der Waals surface area (Å²) in [5.41, 5.74) is 3.61. The Bertz CT molecular complexity index is 577. The molecule has 4 heteroatoms. The van der Waals surface area contributed by atoms with Gasteiger partial charge in [0.25, 0.3) is 0 Å². The van der Waals surface area contributed by atoms with Crippen LogP contribution >= 0.6 is 0 Å². The smallest absolute Gasteiger partial charge is 0.121 e. The summed E-state index contributed by atoms with van der Waals surface area (Å²) in [5, 5.41) is 8.01. The Kier molecular flexibility index (Phi) is 5.39. The predicted octanol–water partition coefficient (Wildman–Crippen LogP) is 3.31. The van der Waals surface area contributed by atoms with Crippen LogP contribution in [0.25, 0.3) is 0 Å². The van der Waals surface area contributed by atoms with E-state index in [-0.39, 0.29) is 6.04 Å². The standard InChI is InChI=1S/C17H25N3O/c1-5-11-20-15(9-10-19-20)17(18-6-2)14-7-8-16(21-4)13(3)12-14/h7-10,12,17-18H,5-6,11H2,1-4H3. The first-order valence-corrected chi connectivity index (χ1v) is 7.60. The quantitative estimate of drug-likeness (QED) is 0.849. The number of methoxy groups -OCH3 is 1. The van der Waals surface area contributed by atoms with Gasteiger partial charge in [-0.25, -0.2) is 0 Å². The van der Waals surface area contributed by atoms with Crippen LogP contribution < -0.4 is 10.1 Å². The van der Waals surface area contributed by atoms with Gasteiger partial charge in [0.15, 0.2) is 0 Å². The Morgan fingerprint density at radius 3 is 2.71 bits per heavy atom. The summed E-state index contributed by atoms with van der Waals surface area (Å²) in [5.74, 6) is 0.927. The summed E-state index contributed by atoms with van der Waals surface area (Å²) in [6, 6.07) is 8.62. The van der Waals surface area contributed by atoms with Crippen molar-refractivity contribution in [2.45, 2.75) is 39.8 Å². The maximum atomic E-state index is 5.35. The van der Waals surface area contributed by atoms with Crippen LogP contribution in [0.15, 0.2) is 30.5 Å². The fourth-order valence-electron chi connectivity index (χ4n) is 2.67. The van der Waals surface area contributed by atoms with E-state index in [4.69, 9.17) is 4.74 Å². The summed E-state index contributed by atoms with van der Waals surface area (Å²) >= 11 is 0. The van der Waals surface area contributed by atoms with Crippen molar-refractivity contribution in [1.29, 1.82) is 0 Å². The van der Waals surface area contributed by atoms with Crippen molar-refractivity contribution in [3.63, 3.8) is 0 Å². The molecule has 0 saturated heterocycles. The molecule has 21 heavy (non-hydrogen) atoms. The second-order valence-electron chi connectivity index (χ2n) is 5.20. The summed E-state index contributed by atoms with van der Waals surface area (Å²) in [6.45, 7) is 8.23. The van der Waals surface area contributed by atoms with Crippen LogP contribution in [0.2, 0.25) is 0 Å². The monoisotopic (exact) mass is 287 g/mol. The average Bonchev–Trinajstić information content (AvgIpc) is 2.93. The number of nitrogens with one attached hydrogen (secondary N) is 1. The normalized spacial score (nSPS) is 12.4. The molecule has 1 atom stereocenters. The molecule has 1 aromatic heterocycles. The summed E-state index contributed by atoms with van der Waals surface area (Å²) < 4.78 is 7.44. The Hall–Kier alpha value is -1.81. The fraction of sp³-hybridized carbons (Fsp3) is 0.471. The van der Waals surface area contributed by atoms with Crippen LogP contribution in [0.5, 0.6) is 5.75 Å². The summed E-state index contributed by atoms with van der Waals surface area (Å²) in [7, 11) is 1.71. The van der Waals surface area contributed by atoms with Gasteiger partial charge in [-0.15, -0.1) is 0 Å². The lowest BCUT2D eigenvalue weighted by Gasteiger charge is -2.21. The SMILES string of the molecule is CCCn1nccc1C(NCC)c1ccc(OC)c(C)c1. The highest BCUT2D eigenvalue weighted by atomic mass is 16.5. The van der Waals surface area contributed by atoms with E-state index >= 15 is 0 Å². The van der Waals surface area contributed by atoms with Crippen molar-refractivity contribution in [1.82, 2.24) is 15.1 Å². The third-order valence-electron chi connectivity index (χ3n) is 3.64. The Morgan fingerprint density at radius 1 is 1.29 bits per heavy atom. The van der Waals surface area contributed by atoms with Crippen LogP contribution in [0, 0.1) is 6.92 Å². The molecular weight excluding hydrogens is 262 g/mol. The van der Waals surface area contributed by atoms with Crippen LogP contribution in [-0.4, -0.2) is 23.4 Å². The zero-order chi connectivity index (χ0) is 15.2. The van der Waals surface area contributed by atoms with E-state index in [0.717, 1.165) is 30.8 Å². The Morgan fingerprint density at radius 2 is 2.10 bits per heavy atom. The number of benzene rings is 1. The zero-order valence-electron chi connectivity index (χ0n) is 13.4. The molecule has 1 unspecified atom stereocenters. The molecule has 0 aliphatic heterocycles. The van der Waals surface area contributed by atoms with Gasteiger partial charge >= 0.3 is 0 Å². The van der Waals surface area contributed by atoms with E-state index < -0.39 is 0 Å². The minimum Gasteiger partial charge on any atom is -0.496 e. The van der Waals surface area contributed by atoms with Crippen LogP contribution in [0.3, 0.4) is 0 Å². The van der Waals surface area contributed by atoms with Crippen molar-refractivity contribution < 1.29 is 4.74 Å². The first kappa shape index (κ1) is 15.6. The van der Waals surface area contributed by atoms with E-state index in [1.165, 1.54) is 11.3 Å². The number of ether oxygens (including phenoxy) is 1. The molecule has 0 fully saturated rings. The molecule has 0 bridgehead atoms. The molecule has 0 spiro atoms. The first-order chi connectivity index (χ1) is 10.2. The highest BCUT2D eigenvalue weighted by Gasteiger charge is 2.18. The van der Waals surface area contributed by atoms with E-state index in [1.54, 1.807) is 7.11 Å². The lowest BCUT2D eigenvalue weighted by molar-refractivity contribution is 0.411. The molecule has 0 saturated carbocycles. The predicted molar refractivity (Wildman–Crippen MR) is 85.8 cm³/mol. The zero-order valence-corrected chi connectivity index (χ0v) is 13.4. The van der Waals surface area contributed by atoms with Gasteiger partial charge < -0.3 is 10.1 Å². The third kappa shape index (κ3) is 3.45. The maximum Gasteiger partial charge on any atom is 0.121 e. The van der Waals surface area contributed by atoms with Crippen LogP contribution in [0.1, 0.15) is 43.1 Å². The minimum absolute atomic E-state index is 0.161. The molecule has 114 valence electrons. The second kappa shape index (κ2) is 7.27. The maximum absolute atomic E-state index is 5.35. The number of aromatic nitrogens is 2. The second-order valence-corrected chi connectivity index (χ2v) is 5.20. The molecule has 0 aliphatic carbocycles. The number of hydrogen-bond acceptors (Lipinski definition) is 3. The molecule has 1 aromatic carbocycles. The largest absolute Gasteiger partial charge is 0.496 e. The van der Waals surface area contributed by atoms with Crippen molar-refractivity contribution in [3.05, 3.63) is 47.3 Å². The van der Waals surface area contributed by atoms with Crippen LogP contribution in [-0.2, 0) is 6.54 Å². The van der Waals surface area contributed by atoms with Crippen molar-refractivity contribution in [3.8, 4) is 5.75 Å². The Labute approximate surface area is 127 Å². The number of aryl methyl sites for hydroxylation is 2. The van der Waals surface area contributed by atoms with Gasteiger partial charge in [0.2, 0.25) is 0 Å². The third-order valence-corrected chi connectivity index (χ3v) is 3.64. The molecule has 0 amide bonds. The molecule has 1 heterocycles. The van der Waals surface area contributed by atoms with E-state index in [0.29, 0.717) is 0 Å². The van der Waals surface area contributed by atoms with Crippen LogP contribution in [0.4, 0.5) is 0 Å². The summed E-state index contributed by atoms with van der Waals surface area (Å²) in [4.78, 5) is 0. The molecule has 0 radical (unpaired) electrons. The fourth-order valence-corrected chi connectivity index (χ4v) is 2.67. The van der Waals surface area contributed by atoms with Gasteiger partial charge in [-0.2, -0.15) is 5.10 Å². The average molecular weight is 287 g/mol. The molecule has 4 nitrogen and oxygen atoms in total. The minimum atomic E-state index is 0.161. The number of hydrogen-bond donors (Lipinski definition) is 1. The van der Waals surface area contributed by atoms with E-state index in [1.807, 2.05) is 12.3 Å². The van der Waals surface area contributed by atoms with Gasteiger partial charge in [0, 0.05) is 12.7 Å². The van der Waals surface area contributed by atoms with Gasteiger partial charge in [0.1, 0.15) is 5.75 Å². The molecular formula is C17H25N3O. The van der Waals surface area contributed by atoms with Crippen molar-refractivity contribution in [2.24, 2.45) is 0 Å². The number of nitrogens with zero attached hydrogens (tertiary/aromatic N) is 2. The lowest BCUT2D eigenvalue weighted by atomic mass is 10.0. The molecule has 0 aliphatic rings. The summed E-state index contributed by atoms with van der Waals surface area (Å²) in [6.07, 6.45) is 2.96. The van der Waals surface area contributed by atoms with E-state index in [9.17, 15) is 0 Å². The van der Waals surface area contributed by atoms with Crippen molar-refractivity contribution in [2.75, 3.05) is 13.7 Å². The van der Waals surface area contributed by atoms with Gasteiger partial charge in [0.05, 0.1) is 18.8 Å². The molecule has 1 N–H and O–H groups in total. The molecule has 2 rings (SSSR count). The van der Waals surface area contributed by atoms with Crippen molar-refractivity contribution >= 4 is 0 Å².